The third-order valence-electron chi connectivity index (χ3n) is 3.69. The average Bonchev–Trinajstić information content (AvgIpc) is 3.02. The van der Waals surface area contributed by atoms with Crippen molar-refractivity contribution < 1.29 is 9.53 Å². The summed E-state index contributed by atoms with van der Waals surface area (Å²) in [7, 11) is 0. The number of esters is 1. The van der Waals surface area contributed by atoms with E-state index in [4.69, 9.17) is 11.3 Å². The Morgan fingerprint density at radius 1 is 1.19 bits per heavy atom. The number of pyridine rings is 1. The molecule has 0 spiro atoms. The minimum Gasteiger partial charge on any atom is -0.456 e. The van der Waals surface area contributed by atoms with Crippen molar-refractivity contribution in [1.82, 2.24) is 14.8 Å². The second-order valence-electron chi connectivity index (χ2n) is 6.89. The number of carbonyl (C=O) groups is 1. The first-order valence-electron chi connectivity index (χ1n) is 8.26. The van der Waals surface area contributed by atoms with Crippen molar-refractivity contribution in [3.8, 4) is 16.9 Å². The first-order valence-corrected chi connectivity index (χ1v) is 8.26. The van der Waals surface area contributed by atoms with Crippen LogP contribution < -0.4 is 5.56 Å². The van der Waals surface area contributed by atoms with Gasteiger partial charge in [0.15, 0.2) is 11.5 Å². The van der Waals surface area contributed by atoms with Gasteiger partial charge in [0.05, 0.1) is 17.7 Å². The highest BCUT2D eigenvalue weighted by Gasteiger charge is 2.18. The predicted molar refractivity (Wildman–Crippen MR) is 101 cm³/mol. The Kier molecular flexibility index (Phi) is 4.65. The van der Waals surface area contributed by atoms with Crippen LogP contribution in [0.5, 0.6) is 0 Å². The van der Waals surface area contributed by atoms with Crippen LogP contribution in [-0.4, -0.2) is 26.3 Å². The van der Waals surface area contributed by atoms with Gasteiger partial charge < -0.3 is 4.74 Å². The molecule has 0 saturated carbocycles. The summed E-state index contributed by atoms with van der Waals surface area (Å²) in [5.74, 6) is -0.114. The van der Waals surface area contributed by atoms with Crippen molar-refractivity contribution in [2.75, 3.05) is 0 Å². The van der Waals surface area contributed by atoms with E-state index < -0.39 is 11.6 Å². The van der Waals surface area contributed by atoms with Crippen LogP contribution in [0.25, 0.3) is 21.8 Å². The Labute approximate surface area is 156 Å². The third kappa shape index (κ3) is 3.96. The molecule has 27 heavy (non-hydrogen) atoms. The van der Waals surface area contributed by atoms with Crippen molar-refractivity contribution in [1.29, 1.82) is 0 Å². The molecule has 7 heteroatoms. The molecule has 0 saturated heterocycles. The minimum atomic E-state index is -0.593. The molecule has 0 unspecified atom stereocenters. The van der Waals surface area contributed by atoms with Crippen LogP contribution in [0.3, 0.4) is 0 Å². The number of rotatable bonds is 3. The average molecular weight is 362 g/mol. The molecular formula is C20H18N4O3. The normalized spacial score (nSPS) is 11.0. The molecule has 2 heterocycles. The SMILES string of the molecule is [C-]#[N+]c1ccc(-c2c[nH]n(-c3ccc(C(=O)OC(C)(C)C)cn3)c2=O)cc1. The van der Waals surface area contributed by atoms with E-state index >= 15 is 0 Å². The molecule has 0 aliphatic carbocycles. The number of H-pyrrole nitrogens is 1. The lowest BCUT2D eigenvalue weighted by molar-refractivity contribution is 0.00691. The van der Waals surface area contributed by atoms with Gasteiger partial charge in [0, 0.05) is 12.4 Å². The fraction of sp³-hybridized carbons (Fsp3) is 0.200. The number of hydrogen-bond acceptors (Lipinski definition) is 4. The van der Waals surface area contributed by atoms with Crippen molar-refractivity contribution in [2.24, 2.45) is 0 Å². The highest BCUT2D eigenvalue weighted by atomic mass is 16.6. The van der Waals surface area contributed by atoms with Gasteiger partial charge in [-0.25, -0.2) is 19.3 Å². The minimum absolute atomic E-state index is 0.275. The van der Waals surface area contributed by atoms with Gasteiger partial charge in [0.1, 0.15) is 5.60 Å². The monoisotopic (exact) mass is 362 g/mol. The number of carbonyl (C=O) groups excluding carboxylic acids is 1. The van der Waals surface area contributed by atoms with Crippen LogP contribution in [-0.2, 0) is 4.74 Å². The predicted octanol–water partition coefficient (Wildman–Crippen LogP) is 3.73. The lowest BCUT2D eigenvalue weighted by atomic mass is 10.1. The summed E-state index contributed by atoms with van der Waals surface area (Å²) in [4.78, 5) is 32.2. The second kappa shape index (κ2) is 6.92. The molecule has 0 amide bonds. The molecule has 1 N–H and O–H groups in total. The highest BCUT2D eigenvalue weighted by Crippen LogP contribution is 2.20. The number of hydrogen-bond donors (Lipinski definition) is 1. The molecular weight excluding hydrogens is 344 g/mol. The largest absolute Gasteiger partial charge is 0.456 e. The summed E-state index contributed by atoms with van der Waals surface area (Å²) >= 11 is 0. The molecule has 3 rings (SSSR count). The van der Waals surface area contributed by atoms with Crippen molar-refractivity contribution in [2.45, 2.75) is 26.4 Å². The van der Waals surface area contributed by atoms with E-state index in [1.807, 2.05) is 0 Å². The maximum Gasteiger partial charge on any atom is 0.340 e. The van der Waals surface area contributed by atoms with E-state index in [-0.39, 0.29) is 5.56 Å². The summed E-state index contributed by atoms with van der Waals surface area (Å²) in [5, 5.41) is 2.87. The number of aromatic amines is 1. The first-order chi connectivity index (χ1) is 12.8. The Balaban J connectivity index is 1.87. The van der Waals surface area contributed by atoms with E-state index in [0.717, 1.165) is 0 Å². The standard InChI is InChI=1S/C20H18N4O3/c1-20(2,3)27-19(26)14-7-10-17(22-11-14)24-18(25)16(12-23-24)13-5-8-15(21-4)9-6-13/h5-12,23H,1-3H3. The van der Waals surface area contributed by atoms with Crippen molar-refractivity contribution >= 4 is 11.7 Å². The number of nitrogens with one attached hydrogen (secondary N) is 1. The Morgan fingerprint density at radius 2 is 1.89 bits per heavy atom. The summed E-state index contributed by atoms with van der Waals surface area (Å²) in [6.45, 7) is 12.4. The van der Waals surface area contributed by atoms with Crippen LogP contribution in [0.15, 0.2) is 53.6 Å². The van der Waals surface area contributed by atoms with Gasteiger partial charge in [-0.15, -0.1) is 0 Å². The van der Waals surface area contributed by atoms with Crippen molar-refractivity contribution in [3.05, 3.63) is 76.1 Å². The smallest absolute Gasteiger partial charge is 0.340 e. The number of aromatic nitrogens is 3. The fourth-order valence-corrected chi connectivity index (χ4v) is 2.44. The molecule has 136 valence electrons. The molecule has 0 bridgehead atoms. The summed E-state index contributed by atoms with van der Waals surface area (Å²) < 4.78 is 6.59. The van der Waals surface area contributed by atoms with Gasteiger partial charge in [0.2, 0.25) is 0 Å². The molecule has 0 fully saturated rings. The Bertz CT molecular complexity index is 1060. The maximum atomic E-state index is 12.7. The number of nitrogens with zero attached hydrogens (tertiary/aromatic N) is 3. The van der Waals surface area contributed by atoms with Crippen LogP contribution in [0.2, 0.25) is 0 Å². The topological polar surface area (TPSA) is 81.3 Å². The van der Waals surface area contributed by atoms with Gasteiger partial charge in [-0.3, -0.25) is 9.89 Å². The van der Waals surface area contributed by atoms with Crippen molar-refractivity contribution in [3.63, 3.8) is 0 Å². The summed E-state index contributed by atoms with van der Waals surface area (Å²) in [5.41, 5.74) is 1.11. The Morgan fingerprint density at radius 3 is 2.44 bits per heavy atom. The molecule has 0 aliphatic heterocycles. The maximum absolute atomic E-state index is 12.7. The van der Waals surface area contributed by atoms with Gasteiger partial charge in [-0.1, -0.05) is 24.3 Å². The second-order valence-corrected chi connectivity index (χ2v) is 6.89. The van der Waals surface area contributed by atoms with E-state index in [1.165, 1.54) is 10.9 Å². The zero-order chi connectivity index (χ0) is 19.6. The quantitative estimate of drug-likeness (QED) is 0.568. The molecule has 0 atom stereocenters. The molecule has 1 aromatic carbocycles. The van der Waals surface area contributed by atoms with Gasteiger partial charge in [0.25, 0.3) is 5.56 Å². The fourth-order valence-electron chi connectivity index (χ4n) is 2.44. The Hall–Kier alpha value is -3.66. The van der Waals surface area contributed by atoms with Gasteiger partial charge >= 0.3 is 5.97 Å². The lowest BCUT2D eigenvalue weighted by Gasteiger charge is -2.19. The van der Waals surface area contributed by atoms with Gasteiger partial charge in [-0.2, -0.15) is 0 Å². The molecule has 0 radical (unpaired) electrons. The molecule has 2 aromatic heterocycles. The first kappa shape index (κ1) is 18.1. The zero-order valence-corrected chi connectivity index (χ0v) is 15.2. The van der Waals surface area contributed by atoms with E-state index in [9.17, 15) is 9.59 Å². The third-order valence-corrected chi connectivity index (χ3v) is 3.69. The zero-order valence-electron chi connectivity index (χ0n) is 15.2. The van der Waals surface area contributed by atoms with Crippen LogP contribution in [0.4, 0.5) is 5.69 Å². The highest BCUT2D eigenvalue weighted by molar-refractivity contribution is 5.89. The number of ether oxygens (including phenoxy) is 1. The molecule has 0 aliphatic rings. The summed E-state index contributed by atoms with van der Waals surface area (Å²) in [6.07, 6.45) is 2.96. The molecule has 7 nitrogen and oxygen atoms in total. The van der Waals surface area contributed by atoms with Crippen LogP contribution in [0, 0.1) is 6.57 Å². The molecule has 3 aromatic rings. The van der Waals surface area contributed by atoms with Crippen LogP contribution >= 0.6 is 0 Å². The van der Waals surface area contributed by atoms with E-state index in [1.54, 1.807) is 63.4 Å². The number of benzene rings is 1. The van der Waals surface area contributed by atoms with Gasteiger partial charge in [-0.05, 0) is 38.5 Å². The van der Waals surface area contributed by atoms with Crippen LogP contribution in [0.1, 0.15) is 31.1 Å². The lowest BCUT2D eigenvalue weighted by Crippen LogP contribution is -2.24. The van der Waals surface area contributed by atoms with E-state index in [2.05, 4.69) is 14.9 Å². The summed E-state index contributed by atoms with van der Waals surface area (Å²) in [6, 6.07) is 9.90. The van der Waals surface area contributed by atoms with E-state index in [0.29, 0.717) is 28.2 Å².